The van der Waals surface area contributed by atoms with Crippen LogP contribution in [-0.4, -0.2) is 60.1 Å². The fraction of sp³-hybridized carbons (Fsp3) is 0.500. The second-order valence-electron chi connectivity index (χ2n) is 8.10. The quantitative estimate of drug-likeness (QED) is 0.190. The number of H-pyrrole nitrogens is 1. The molecule has 1 aromatic carbocycles. The molecule has 11 nitrogen and oxygen atoms in total. The number of nitrogens with one attached hydrogen (secondary N) is 2. The van der Waals surface area contributed by atoms with Crippen LogP contribution in [0.15, 0.2) is 21.7 Å². The van der Waals surface area contributed by atoms with Gasteiger partial charge in [0.15, 0.2) is 11.2 Å². The highest BCUT2D eigenvalue weighted by molar-refractivity contribution is 5.84. The van der Waals surface area contributed by atoms with E-state index < -0.39 is 23.3 Å². The number of carbonyl (C=O) groups is 1. The van der Waals surface area contributed by atoms with Crippen molar-refractivity contribution in [2.75, 3.05) is 13.2 Å². The van der Waals surface area contributed by atoms with E-state index in [-0.39, 0.29) is 37.3 Å². The first-order valence-electron chi connectivity index (χ1n) is 11.0. The van der Waals surface area contributed by atoms with Gasteiger partial charge in [-0.3, -0.25) is 19.1 Å². The summed E-state index contributed by atoms with van der Waals surface area (Å²) in [5, 5.41) is 30.1. The molecule has 11 heteroatoms. The lowest BCUT2D eigenvalue weighted by Gasteiger charge is -2.12. The number of aliphatic hydroxyl groups is 2. The van der Waals surface area contributed by atoms with Crippen molar-refractivity contribution in [2.45, 2.75) is 58.2 Å². The van der Waals surface area contributed by atoms with Gasteiger partial charge in [0.2, 0.25) is 0 Å². The summed E-state index contributed by atoms with van der Waals surface area (Å²) in [5.74, 6) is -0.831. The van der Waals surface area contributed by atoms with Crippen molar-refractivity contribution in [1.29, 1.82) is 0 Å². The van der Waals surface area contributed by atoms with Crippen molar-refractivity contribution in [3.8, 4) is 0 Å². The molecule has 3 aromatic rings. The van der Waals surface area contributed by atoms with Gasteiger partial charge in [0, 0.05) is 26.1 Å². The number of unbranched alkanes of at least 4 members (excludes halogenated alkanes) is 3. The Balaban J connectivity index is 1.81. The minimum atomic E-state index is -0.841. The first kappa shape index (κ1) is 24.5. The predicted molar refractivity (Wildman–Crippen MR) is 122 cm³/mol. The van der Waals surface area contributed by atoms with Crippen molar-refractivity contribution in [3.63, 3.8) is 0 Å². The van der Waals surface area contributed by atoms with E-state index in [1.807, 2.05) is 19.1 Å². The molecule has 0 aliphatic carbocycles. The topological polar surface area (TPSA) is 170 Å². The lowest BCUT2D eigenvalue weighted by atomic mass is 10.1. The Bertz CT molecular complexity index is 1250. The van der Waals surface area contributed by atoms with Gasteiger partial charge in [-0.05, 0) is 43.0 Å². The normalized spacial score (nSPS) is 12.5. The van der Waals surface area contributed by atoms with Gasteiger partial charge in [-0.25, -0.2) is 14.8 Å². The Morgan fingerprint density at radius 2 is 1.88 bits per heavy atom. The number of rotatable bonds is 12. The van der Waals surface area contributed by atoms with Gasteiger partial charge in [0.05, 0.1) is 23.7 Å². The van der Waals surface area contributed by atoms with Crippen LogP contribution in [-0.2, 0) is 17.9 Å². The molecule has 1 unspecified atom stereocenters. The largest absolute Gasteiger partial charge is 0.481 e. The van der Waals surface area contributed by atoms with E-state index in [0.717, 1.165) is 15.7 Å². The molecule has 0 saturated carbocycles. The van der Waals surface area contributed by atoms with Gasteiger partial charge in [-0.2, -0.15) is 0 Å². The highest BCUT2D eigenvalue weighted by Gasteiger charge is 2.13. The number of aromatic amines is 1. The molecule has 178 valence electrons. The summed E-state index contributed by atoms with van der Waals surface area (Å²) in [6, 6.07) is 3.63. The van der Waals surface area contributed by atoms with Crippen molar-refractivity contribution in [3.05, 3.63) is 44.1 Å². The van der Waals surface area contributed by atoms with E-state index >= 15 is 0 Å². The molecule has 3 rings (SSSR count). The van der Waals surface area contributed by atoms with Crippen LogP contribution in [0, 0.1) is 6.92 Å². The van der Waals surface area contributed by atoms with Crippen molar-refractivity contribution < 1.29 is 20.1 Å². The molecule has 0 spiro atoms. The molecule has 0 aliphatic heterocycles. The van der Waals surface area contributed by atoms with E-state index in [4.69, 9.17) is 10.2 Å². The Labute approximate surface area is 189 Å². The highest BCUT2D eigenvalue weighted by Crippen LogP contribution is 2.18. The summed E-state index contributed by atoms with van der Waals surface area (Å²) >= 11 is 0. The van der Waals surface area contributed by atoms with Crippen molar-refractivity contribution in [1.82, 2.24) is 24.8 Å². The van der Waals surface area contributed by atoms with Crippen LogP contribution in [0.3, 0.4) is 0 Å². The number of aliphatic carboxylic acids is 1. The molecular formula is C22H29N5O6. The van der Waals surface area contributed by atoms with Crippen LogP contribution < -0.4 is 16.6 Å². The van der Waals surface area contributed by atoms with Crippen LogP contribution in [0.2, 0.25) is 0 Å². The Morgan fingerprint density at radius 3 is 2.61 bits per heavy atom. The molecule has 0 aliphatic rings. The van der Waals surface area contributed by atoms with Gasteiger partial charge in [-0.1, -0.05) is 12.8 Å². The molecule has 33 heavy (non-hydrogen) atoms. The number of benzene rings is 1. The molecule has 2 heterocycles. The first-order valence-corrected chi connectivity index (χ1v) is 11.0. The van der Waals surface area contributed by atoms with Crippen LogP contribution in [0.1, 0.15) is 43.2 Å². The lowest BCUT2D eigenvalue weighted by molar-refractivity contribution is -0.137. The van der Waals surface area contributed by atoms with Gasteiger partial charge in [0.25, 0.3) is 5.56 Å². The minimum Gasteiger partial charge on any atom is -0.481 e. The van der Waals surface area contributed by atoms with Crippen molar-refractivity contribution in [2.24, 2.45) is 0 Å². The average molecular weight is 460 g/mol. The summed E-state index contributed by atoms with van der Waals surface area (Å²) in [6.07, 6.45) is 1.84. The minimum absolute atomic E-state index is 0.0873. The smallest absolute Gasteiger partial charge is 0.330 e. The van der Waals surface area contributed by atoms with Crippen LogP contribution in [0.5, 0.6) is 0 Å². The van der Waals surface area contributed by atoms with E-state index in [1.165, 1.54) is 0 Å². The van der Waals surface area contributed by atoms with E-state index in [9.17, 15) is 19.5 Å². The van der Waals surface area contributed by atoms with Crippen LogP contribution in [0.4, 0.5) is 0 Å². The maximum absolute atomic E-state index is 12.9. The predicted octanol–water partition coefficient (Wildman–Crippen LogP) is 0.419. The summed E-state index contributed by atoms with van der Waals surface area (Å²) in [5.41, 5.74) is 2.04. The van der Waals surface area contributed by atoms with Crippen molar-refractivity contribution >= 4 is 28.2 Å². The first-order chi connectivity index (χ1) is 15.8. The van der Waals surface area contributed by atoms with Gasteiger partial charge in [0.1, 0.15) is 0 Å². The Kier molecular flexibility index (Phi) is 8.26. The molecule has 0 amide bonds. The fourth-order valence-electron chi connectivity index (χ4n) is 3.61. The maximum atomic E-state index is 12.9. The molecule has 2 aromatic heterocycles. The second kappa shape index (κ2) is 11.1. The number of aliphatic hydroxyl groups excluding tert-OH is 2. The number of hydrogen-bond donors (Lipinski definition) is 5. The van der Waals surface area contributed by atoms with Gasteiger partial charge < -0.3 is 20.6 Å². The number of hydrogen-bond acceptors (Lipinski definition) is 8. The fourth-order valence-corrected chi connectivity index (χ4v) is 3.61. The number of aromatic nitrogens is 4. The number of carboxylic acids is 1. The summed E-state index contributed by atoms with van der Waals surface area (Å²) in [4.78, 5) is 47.4. The Hall–Kier alpha value is -3.15. The highest BCUT2D eigenvalue weighted by atomic mass is 16.4. The van der Waals surface area contributed by atoms with Gasteiger partial charge in [-0.15, -0.1) is 0 Å². The standard InChI is InChI=1S/C22H29N5O6/c1-13-8-16-17(9-14(13)10-23-11-15(29)12-28)25-20-19(24-16)21(32)27(22(33)26-20)7-5-3-2-4-6-18(30)31/h8-9,15,23,28-29H,2-7,10-12H2,1H3,(H,30,31)(H,25,26,33). The number of nitrogens with zero attached hydrogens (tertiary/aromatic N) is 3. The molecule has 5 N–H and O–H groups in total. The third-order valence-electron chi connectivity index (χ3n) is 5.47. The second-order valence-corrected chi connectivity index (χ2v) is 8.10. The monoisotopic (exact) mass is 459 g/mol. The van der Waals surface area contributed by atoms with E-state index in [1.54, 1.807) is 0 Å². The summed E-state index contributed by atoms with van der Waals surface area (Å²) in [7, 11) is 0. The molecular weight excluding hydrogens is 430 g/mol. The zero-order valence-corrected chi connectivity index (χ0v) is 18.5. The zero-order chi connectivity index (χ0) is 24.0. The summed E-state index contributed by atoms with van der Waals surface area (Å²) < 4.78 is 1.11. The maximum Gasteiger partial charge on any atom is 0.330 e. The third-order valence-corrected chi connectivity index (χ3v) is 5.47. The molecule has 0 saturated heterocycles. The lowest BCUT2D eigenvalue weighted by Crippen LogP contribution is -2.35. The average Bonchev–Trinajstić information content (AvgIpc) is 2.77. The molecule has 1 atom stereocenters. The Morgan fingerprint density at radius 1 is 1.15 bits per heavy atom. The van der Waals surface area contributed by atoms with Crippen LogP contribution >= 0.6 is 0 Å². The molecule has 0 bridgehead atoms. The number of carboxylic acid groups (broad SMARTS) is 1. The molecule has 0 radical (unpaired) electrons. The van der Waals surface area contributed by atoms with E-state index in [0.29, 0.717) is 43.3 Å². The zero-order valence-electron chi connectivity index (χ0n) is 18.5. The van der Waals surface area contributed by atoms with Crippen LogP contribution in [0.25, 0.3) is 22.2 Å². The summed E-state index contributed by atoms with van der Waals surface area (Å²) in [6.45, 7) is 2.49. The number of aryl methyl sites for hydroxylation is 1. The van der Waals surface area contributed by atoms with Gasteiger partial charge >= 0.3 is 11.7 Å². The number of fused-ring (bicyclic) bond motifs is 2. The SMILES string of the molecule is Cc1cc2nc3c(=O)n(CCCCCCC(=O)O)c(=O)[nH]c3nc2cc1CNCC(O)CO. The van der Waals surface area contributed by atoms with E-state index in [2.05, 4.69) is 20.3 Å². The molecule has 0 fully saturated rings. The third kappa shape index (κ3) is 6.21.